The number of piperidine rings is 1. The predicted molar refractivity (Wildman–Crippen MR) is 105 cm³/mol. The van der Waals surface area contributed by atoms with Gasteiger partial charge in [0.05, 0.1) is 11.7 Å². The van der Waals surface area contributed by atoms with E-state index in [1.165, 1.54) is 6.26 Å². The fraction of sp³-hybridized carbons (Fsp3) is 0.667. The van der Waals surface area contributed by atoms with Crippen molar-refractivity contribution in [2.45, 2.75) is 25.4 Å². The number of rotatable bonds is 3. The lowest BCUT2D eigenvalue weighted by Gasteiger charge is -2.35. The molecule has 1 aromatic rings. The number of amides is 1. The number of halogens is 2. The Morgan fingerprint density at radius 1 is 1.19 bits per heavy atom. The Bertz CT molecular complexity index is 627. The molecule has 1 amide bonds. The highest BCUT2D eigenvalue weighted by molar-refractivity contribution is 5.91. The number of nitrogens with zero attached hydrogens (tertiary/aromatic N) is 2. The monoisotopic (exact) mass is 419 g/mol. The summed E-state index contributed by atoms with van der Waals surface area (Å²) in [6.07, 6.45) is 4.10. The number of carbonyl (C=O) groups is 2. The van der Waals surface area contributed by atoms with Gasteiger partial charge in [-0.3, -0.25) is 14.5 Å². The first-order valence-electron chi connectivity index (χ1n) is 9.13. The standard InChI is InChI=1S/C18H25N3O4.2ClH/c22-16(15-2-1-11-24-15)21-9-7-20(8-10-21)13-14-12-18(17(23)25-14)3-5-19-6-4-18;;/h1-2,11,14,19H,3-10,12-13H2;2*1H. The van der Waals surface area contributed by atoms with Crippen LogP contribution in [0.1, 0.15) is 29.8 Å². The van der Waals surface area contributed by atoms with Gasteiger partial charge in [-0.25, -0.2) is 0 Å². The second-order valence-corrected chi connectivity index (χ2v) is 7.33. The second kappa shape index (κ2) is 9.28. The average Bonchev–Trinajstić information content (AvgIpc) is 3.25. The van der Waals surface area contributed by atoms with Gasteiger partial charge in [0, 0.05) is 39.1 Å². The molecule has 152 valence electrons. The van der Waals surface area contributed by atoms with E-state index in [0.717, 1.165) is 52.0 Å². The van der Waals surface area contributed by atoms with Crippen molar-refractivity contribution >= 4 is 36.7 Å². The minimum Gasteiger partial charge on any atom is -0.461 e. The number of piperazine rings is 1. The number of ether oxygens (including phenoxy) is 1. The molecule has 3 fully saturated rings. The third-order valence-corrected chi connectivity index (χ3v) is 5.74. The summed E-state index contributed by atoms with van der Waals surface area (Å²) in [4.78, 5) is 28.8. The number of carbonyl (C=O) groups excluding carboxylic acids is 2. The maximum absolute atomic E-state index is 12.3. The third-order valence-electron chi connectivity index (χ3n) is 5.74. The van der Waals surface area contributed by atoms with Crippen LogP contribution in [0.5, 0.6) is 0 Å². The van der Waals surface area contributed by atoms with E-state index in [-0.39, 0.29) is 48.2 Å². The lowest BCUT2D eigenvalue weighted by molar-refractivity contribution is -0.150. The van der Waals surface area contributed by atoms with Crippen molar-refractivity contribution in [3.63, 3.8) is 0 Å². The highest BCUT2D eigenvalue weighted by atomic mass is 35.5. The molecule has 9 heteroatoms. The van der Waals surface area contributed by atoms with E-state index in [1.807, 2.05) is 4.90 Å². The normalized spacial score (nSPS) is 24.8. The van der Waals surface area contributed by atoms with Crippen LogP contribution in [0.3, 0.4) is 0 Å². The quantitative estimate of drug-likeness (QED) is 0.749. The molecule has 1 aromatic heterocycles. The minimum absolute atomic E-state index is 0. The summed E-state index contributed by atoms with van der Waals surface area (Å²) >= 11 is 0. The zero-order valence-electron chi connectivity index (χ0n) is 15.2. The fourth-order valence-corrected chi connectivity index (χ4v) is 4.23. The zero-order chi connectivity index (χ0) is 17.3. The summed E-state index contributed by atoms with van der Waals surface area (Å²) in [5.74, 6) is 0.335. The molecule has 1 unspecified atom stereocenters. The van der Waals surface area contributed by atoms with Gasteiger partial charge in [0.1, 0.15) is 6.10 Å². The van der Waals surface area contributed by atoms with Gasteiger partial charge in [-0.15, -0.1) is 24.8 Å². The summed E-state index contributed by atoms with van der Waals surface area (Å²) in [6.45, 7) is 5.52. The van der Waals surface area contributed by atoms with E-state index in [1.54, 1.807) is 12.1 Å². The van der Waals surface area contributed by atoms with E-state index >= 15 is 0 Å². The summed E-state index contributed by atoms with van der Waals surface area (Å²) in [6, 6.07) is 3.43. The van der Waals surface area contributed by atoms with Crippen molar-refractivity contribution in [3.8, 4) is 0 Å². The molecule has 4 rings (SSSR count). The lowest BCUT2D eigenvalue weighted by Crippen LogP contribution is -2.50. The van der Waals surface area contributed by atoms with Crippen LogP contribution in [0.25, 0.3) is 0 Å². The largest absolute Gasteiger partial charge is 0.461 e. The Balaban J connectivity index is 0.00000131. The predicted octanol–water partition coefficient (Wildman–Crippen LogP) is 1.57. The number of nitrogens with one attached hydrogen (secondary N) is 1. The molecule has 0 bridgehead atoms. The SMILES string of the molecule is Cl.Cl.O=C(c1ccco1)N1CCN(CC2CC3(CCNCC3)C(=O)O2)CC1. The zero-order valence-corrected chi connectivity index (χ0v) is 16.9. The van der Waals surface area contributed by atoms with Crippen molar-refractivity contribution in [3.05, 3.63) is 24.2 Å². The van der Waals surface area contributed by atoms with Crippen molar-refractivity contribution in [1.82, 2.24) is 15.1 Å². The van der Waals surface area contributed by atoms with Gasteiger partial charge in [0.15, 0.2) is 5.76 Å². The summed E-state index contributed by atoms with van der Waals surface area (Å²) < 4.78 is 10.9. The molecular formula is C18H27Cl2N3O4. The van der Waals surface area contributed by atoms with Crippen molar-refractivity contribution < 1.29 is 18.7 Å². The summed E-state index contributed by atoms with van der Waals surface area (Å²) in [5.41, 5.74) is -0.257. The molecule has 4 heterocycles. The van der Waals surface area contributed by atoms with E-state index in [9.17, 15) is 9.59 Å². The van der Waals surface area contributed by atoms with Crippen LogP contribution < -0.4 is 5.32 Å². The van der Waals surface area contributed by atoms with Gasteiger partial charge in [-0.2, -0.15) is 0 Å². The van der Waals surface area contributed by atoms with Crippen LogP contribution in [-0.4, -0.2) is 73.6 Å². The number of hydrogen-bond donors (Lipinski definition) is 1. The highest BCUT2D eigenvalue weighted by Gasteiger charge is 2.49. The van der Waals surface area contributed by atoms with Gasteiger partial charge in [0.25, 0.3) is 5.91 Å². The van der Waals surface area contributed by atoms with E-state index < -0.39 is 0 Å². The van der Waals surface area contributed by atoms with Crippen LogP contribution >= 0.6 is 24.8 Å². The van der Waals surface area contributed by atoms with Crippen LogP contribution in [0.4, 0.5) is 0 Å². The number of hydrogen-bond acceptors (Lipinski definition) is 6. The molecule has 0 aliphatic carbocycles. The Morgan fingerprint density at radius 2 is 1.89 bits per heavy atom. The fourth-order valence-electron chi connectivity index (χ4n) is 4.23. The Hall–Kier alpha value is -1.28. The number of cyclic esters (lactones) is 1. The van der Waals surface area contributed by atoms with Crippen molar-refractivity contribution in [1.29, 1.82) is 0 Å². The Labute approximate surface area is 171 Å². The Kier molecular flexibility index (Phi) is 7.56. The van der Waals surface area contributed by atoms with Gasteiger partial charge in [0.2, 0.25) is 0 Å². The smallest absolute Gasteiger partial charge is 0.312 e. The van der Waals surface area contributed by atoms with Gasteiger partial charge in [-0.05, 0) is 38.1 Å². The molecule has 0 aromatic carbocycles. The average molecular weight is 420 g/mol. The summed E-state index contributed by atoms with van der Waals surface area (Å²) in [5, 5.41) is 3.32. The van der Waals surface area contributed by atoms with E-state index in [2.05, 4.69) is 10.2 Å². The Morgan fingerprint density at radius 3 is 2.52 bits per heavy atom. The minimum atomic E-state index is -0.257. The molecule has 3 saturated heterocycles. The first-order chi connectivity index (χ1) is 12.2. The van der Waals surface area contributed by atoms with Gasteiger partial charge in [-0.1, -0.05) is 0 Å². The van der Waals surface area contributed by atoms with Gasteiger partial charge >= 0.3 is 5.97 Å². The molecule has 0 saturated carbocycles. The lowest BCUT2D eigenvalue weighted by atomic mass is 9.76. The molecule has 3 aliphatic rings. The van der Waals surface area contributed by atoms with E-state index in [0.29, 0.717) is 18.8 Å². The maximum atomic E-state index is 12.3. The first-order valence-corrected chi connectivity index (χ1v) is 9.13. The van der Waals surface area contributed by atoms with Crippen LogP contribution in [0, 0.1) is 5.41 Å². The second-order valence-electron chi connectivity index (χ2n) is 7.33. The molecule has 0 radical (unpaired) electrons. The number of esters is 1. The molecule has 3 aliphatic heterocycles. The third kappa shape index (κ3) is 4.59. The molecule has 1 atom stereocenters. The molecule has 1 spiro atoms. The van der Waals surface area contributed by atoms with Crippen molar-refractivity contribution in [2.75, 3.05) is 45.8 Å². The maximum Gasteiger partial charge on any atom is 0.312 e. The van der Waals surface area contributed by atoms with Crippen LogP contribution in [-0.2, 0) is 9.53 Å². The number of furan rings is 1. The highest BCUT2D eigenvalue weighted by Crippen LogP contribution is 2.41. The molecular weight excluding hydrogens is 393 g/mol. The summed E-state index contributed by atoms with van der Waals surface area (Å²) in [7, 11) is 0. The van der Waals surface area contributed by atoms with Crippen LogP contribution in [0.2, 0.25) is 0 Å². The van der Waals surface area contributed by atoms with Crippen LogP contribution in [0.15, 0.2) is 22.8 Å². The topological polar surface area (TPSA) is 75.0 Å². The molecule has 1 N–H and O–H groups in total. The van der Waals surface area contributed by atoms with Crippen molar-refractivity contribution in [2.24, 2.45) is 5.41 Å². The first kappa shape index (κ1) is 22.0. The van der Waals surface area contributed by atoms with Gasteiger partial charge < -0.3 is 19.4 Å². The molecule has 7 nitrogen and oxygen atoms in total. The van der Waals surface area contributed by atoms with E-state index in [4.69, 9.17) is 9.15 Å². The molecule has 27 heavy (non-hydrogen) atoms.